The molecule has 1 aliphatic carbocycles. The molecule has 0 N–H and O–H groups in total. The average Bonchev–Trinajstić information content (AvgIpc) is 2.87. The van der Waals surface area contributed by atoms with E-state index in [-0.39, 0.29) is 24.8 Å². The molecule has 1 aromatic carbocycles. The molecule has 0 nitrogen and oxygen atoms in total. The fraction of sp³-hybridized carbons (Fsp3) is 0.333. The molecule has 98 valence electrons. The Kier molecular flexibility index (Phi) is 13.9. The molecule has 0 spiro atoms. The molecule has 0 bridgehead atoms. The number of rotatable bonds is 3. The van der Waals surface area contributed by atoms with Gasteiger partial charge in [-0.2, -0.15) is 17.7 Å². The van der Waals surface area contributed by atoms with Crippen LogP contribution in [0.1, 0.15) is 25.8 Å². The fourth-order valence-corrected chi connectivity index (χ4v) is 1.58. The second-order valence-electron chi connectivity index (χ2n) is 4.27. The summed E-state index contributed by atoms with van der Waals surface area (Å²) in [5.74, 6) is 0.680. The molecule has 0 atom stereocenters. The zero-order valence-corrected chi connectivity index (χ0v) is 14.8. The van der Waals surface area contributed by atoms with Crippen LogP contribution in [0, 0.1) is 5.92 Å². The zero-order chi connectivity index (χ0) is 11.8. The van der Waals surface area contributed by atoms with Crippen molar-refractivity contribution in [3.63, 3.8) is 0 Å². The largest absolute Gasteiger partial charge is 1.00 e. The maximum atomic E-state index is 2.27. The summed E-state index contributed by atoms with van der Waals surface area (Å²) in [4.78, 5) is 0. The first-order chi connectivity index (χ1) is 7.68. The Morgan fingerprint density at radius 1 is 1.06 bits per heavy atom. The van der Waals surface area contributed by atoms with E-state index in [1.165, 1.54) is 21.6 Å². The van der Waals surface area contributed by atoms with Crippen molar-refractivity contribution in [2.45, 2.75) is 26.7 Å². The first-order valence-electron chi connectivity index (χ1n) is 5.76. The molecule has 0 unspecified atom stereocenters. The van der Waals surface area contributed by atoms with Crippen molar-refractivity contribution in [2.75, 3.05) is 0 Å². The molecule has 1 aliphatic rings. The molecular formula is C15H19Cl2Zr-. The summed E-state index contributed by atoms with van der Waals surface area (Å²) >= 11 is 1.55. The number of aryl methyl sites for hydroxylation is 1. The van der Waals surface area contributed by atoms with Gasteiger partial charge in [0.15, 0.2) is 0 Å². The van der Waals surface area contributed by atoms with E-state index in [1.54, 1.807) is 24.2 Å². The van der Waals surface area contributed by atoms with E-state index >= 15 is 0 Å². The van der Waals surface area contributed by atoms with Gasteiger partial charge in [0, 0.05) is 0 Å². The second-order valence-corrected chi connectivity index (χ2v) is 6.72. The van der Waals surface area contributed by atoms with Crippen LogP contribution in [0.4, 0.5) is 0 Å². The van der Waals surface area contributed by atoms with Gasteiger partial charge in [-0.15, -0.1) is 0 Å². The van der Waals surface area contributed by atoms with Crippen LogP contribution in [0.5, 0.6) is 0 Å². The van der Waals surface area contributed by atoms with Gasteiger partial charge in [0.05, 0.1) is 0 Å². The molecule has 0 saturated heterocycles. The normalized spacial score (nSPS) is 12.2. The predicted octanol–water partition coefficient (Wildman–Crippen LogP) is -2.17. The van der Waals surface area contributed by atoms with Crippen LogP contribution in [0.3, 0.4) is 0 Å². The molecule has 0 heterocycles. The summed E-state index contributed by atoms with van der Waals surface area (Å²) in [6.45, 7) is 4.25. The molecule has 1 aromatic rings. The van der Waals surface area contributed by atoms with Crippen molar-refractivity contribution in [1.29, 1.82) is 0 Å². The number of halogens is 2. The third-order valence-electron chi connectivity index (χ3n) is 2.33. The minimum atomic E-state index is 0. The number of allylic oxidation sites excluding steroid dienone is 4. The Balaban J connectivity index is 0. The van der Waals surface area contributed by atoms with Crippen LogP contribution in [-0.4, -0.2) is 3.21 Å². The van der Waals surface area contributed by atoms with E-state index in [0.29, 0.717) is 5.92 Å². The van der Waals surface area contributed by atoms with Crippen molar-refractivity contribution in [1.82, 2.24) is 0 Å². The summed E-state index contributed by atoms with van der Waals surface area (Å²) < 4.78 is 1.51. The van der Waals surface area contributed by atoms with Crippen molar-refractivity contribution < 1.29 is 49.0 Å². The van der Waals surface area contributed by atoms with E-state index in [4.69, 9.17) is 0 Å². The molecule has 0 aromatic heterocycles. The monoisotopic (exact) mass is 359 g/mol. The molecular weight excluding hydrogens is 342 g/mol. The molecule has 0 fully saturated rings. The summed E-state index contributed by atoms with van der Waals surface area (Å²) in [6.07, 6.45) is 11.3. The minimum Gasteiger partial charge on any atom is -1.00 e. The first kappa shape index (κ1) is 20.5. The Morgan fingerprint density at radius 2 is 1.50 bits per heavy atom. The third kappa shape index (κ3) is 10.1. The summed E-state index contributed by atoms with van der Waals surface area (Å²) in [6, 6.07) is 8.61. The average molecular weight is 361 g/mol. The van der Waals surface area contributed by atoms with Crippen molar-refractivity contribution in [2.24, 2.45) is 5.92 Å². The number of hydrogen-bond donors (Lipinski definition) is 0. The molecule has 18 heavy (non-hydrogen) atoms. The summed E-state index contributed by atoms with van der Waals surface area (Å²) in [5.41, 5.74) is 1.46. The van der Waals surface area contributed by atoms with Gasteiger partial charge in [-0.05, 0) is 12.3 Å². The Hall–Kier alpha value is 0.163. The number of hydrogen-bond acceptors (Lipinski definition) is 0. The second kappa shape index (κ2) is 12.2. The fourth-order valence-electron chi connectivity index (χ4n) is 1.58. The van der Waals surface area contributed by atoms with Gasteiger partial charge in [-0.3, -0.25) is 0 Å². The molecule has 0 radical (unpaired) electrons. The Labute approximate surface area is 138 Å². The SMILES string of the molecule is C1=CC(CC[c-]2cccc2)C=C1.C[C](C)=[Zr+2].[Cl-].[Cl-]. The van der Waals surface area contributed by atoms with Gasteiger partial charge in [-0.1, -0.05) is 30.7 Å². The summed E-state index contributed by atoms with van der Waals surface area (Å²) in [5, 5.41) is 0. The van der Waals surface area contributed by atoms with Gasteiger partial charge in [-0.25, -0.2) is 12.1 Å². The van der Waals surface area contributed by atoms with Gasteiger partial charge >= 0.3 is 41.3 Å². The van der Waals surface area contributed by atoms with E-state index in [9.17, 15) is 0 Å². The predicted molar refractivity (Wildman–Crippen MR) is 68.5 cm³/mol. The van der Waals surface area contributed by atoms with E-state index < -0.39 is 0 Å². The van der Waals surface area contributed by atoms with Crippen LogP contribution >= 0.6 is 0 Å². The van der Waals surface area contributed by atoms with Gasteiger partial charge in [0.25, 0.3) is 0 Å². The van der Waals surface area contributed by atoms with Gasteiger partial charge < -0.3 is 24.8 Å². The molecule has 0 amide bonds. The van der Waals surface area contributed by atoms with Crippen molar-refractivity contribution in [3.05, 3.63) is 54.1 Å². The molecule has 0 saturated carbocycles. The van der Waals surface area contributed by atoms with Crippen LogP contribution in [0.15, 0.2) is 48.6 Å². The molecule has 3 heteroatoms. The summed E-state index contributed by atoms with van der Waals surface area (Å²) in [7, 11) is 0. The van der Waals surface area contributed by atoms with Crippen LogP contribution in [-0.2, 0) is 30.7 Å². The standard InChI is InChI=1S/C12H13.C3H6.2ClH.Zr/c1-2-6-11(5-1)9-10-12-7-3-4-8-12;1-3-2;;;/h1-8,11H,9-10H2;1-2H3;2*1H;/q-1;;;;+2/p-2. The first-order valence-corrected chi connectivity index (χ1v) is 6.98. The van der Waals surface area contributed by atoms with Crippen LogP contribution in [0.2, 0.25) is 0 Å². The van der Waals surface area contributed by atoms with Gasteiger partial charge in [0.1, 0.15) is 0 Å². The van der Waals surface area contributed by atoms with Crippen LogP contribution in [0.25, 0.3) is 0 Å². The van der Waals surface area contributed by atoms with E-state index in [0.717, 1.165) is 0 Å². The van der Waals surface area contributed by atoms with Crippen molar-refractivity contribution in [3.8, 4) is 0 Å². The van der Waals surface area contributed by atoms with E-state index in [2.05, 4.69) is 62.4 Å². The Morgan fingerprint density at radius 3 is 1.94 bits per heavy atom. The molecule has 0 aliphatic heterocycles. The van der Waals surface area contributed by atoms with Crippen LogP contribution < -0.4 is 24.8 Å². The molecule has 2 rings (SSSR count). The topological polar surface area (TPSA) is 0 Å². The zero-order valence-electron chi connectivity index (χ0n) is 10.9. The smallest absolute Gasteiger partial charge is 1.00 e. The van der Waals surface area contributed by atoms with E-state index in [1.807, 2.05) is 0 Å². The van der Waals surface area contributed by atoms with Gasteiger partial charge in [0.2, 0.25) is 0 Å². The quantitative estimate of drug-likeness (QED) is 0.538. The van der Waals surface area contributed by atoms with Crippen molar-refractivity contribution >= 4 is 3.21 Å². The maximum absolute atomic E-state index is 2.27. The minimum absolute atomic E-state index is 0. The Bertz CT molecular complexity index is 348. The maximum Gasteiger partial charge on any atom is -1.00 e. The third-order valence-corrected chi connectivity index (χ3v) is 2.33.